The van der Waals surface area contributed by atoms with Gasteiger partial charge in [0.1, 0.15) is 0 Å². The Balaban J connectivity index is 1.93. The second-order valence-corrected chi connectivity index (χ2v) is 3.97. The first-order valence-electron chi connectivity index (χ1n) is 5.93. The van der Waals surface area contributed by atoms with Crippen molar-refractivity contribution in [3.05, 3.63) is 29.6 Å². The largest absolute Gasteiger partial charge is 0.493 e. The number of methoxy groups -OCH3 is 2. The third-order valence-corrected chi connectivity index (χ3v) is 2.65. The Morgan fingerprint density at radius 1 is 1.30 bits per heavy atom. The summed E-state index contributed by atoms with van der Waals surface area (Å²) in [5, 5.41) is 15.9. The number of amides is 1. The van der Waals surface area contributed by atoms with E-state index in [2.05, 4.69) is 25.9 Å². The Kier molecular flexibility index (Phi) is 4.48. The predicted molar refractivity (Wildman–Crippen MR) is 69.3 cm³/mol. The van der Waals surface area contributed by atoms with E-state index in [-0.39, 0.29) is 18.9 Å². The van der Waals surface area contributed by atoms with E-state index in [1.54, 1.807) is 26.4 Å². The first kappa shape index (κ1) is 13.8. The standard InChI is InChI=1S/C12H15N5O3/c1-19-9-4-3-8(5-10(9)20-2)6-12(18)13-7-11-14-16-17-15-11/h3-5H,6-7H2,1-2H3,(H,13,18)(H,14,15,16,17). The molecule has 2 N–H and O–H groups in total. The Bertz CT molecular complexity index is 570. The molecule has 2 rings (SSSR count). The van der Waals surface area contributed by atoms with Gasteiger partial charge in [0.05, 0.1) is 27.2 Å². The minimum absolute atomic E-state index is 0.137. The topological polar surface area (TPSA) is 102 Å². The highest BCUT2D eigenvalue weighted by Crippen LogP contribution is 2.27. The van der Waals surface area contributed by atoms with Crippen molar-refractivity contribution in [1.29, 1.82) is 0 Å². The zero-order chi connectivity index (χ0) is 14.4. The Labute approximate surface area is 115 Å². The second-order valence-electron chi connectivity index (χ2n) is 3.97. The van der Waals surface area contributed by atoms with Gasteiger partial charge in [-0.15, -0.1) is 10.2 Å². The van der Waals surface area contributed by atoms with Crippen LogP contribution >= 0.6 is 0 Å². The molecule has 0 saturated heterocycles. The summed E-state index contributed by atoms with van der Waals surface area (Å²) in [5.74, 6) is 1.52. The minimum atomic E-state index is -0.137. The zero-order valence-corrected chi connectivity index (χ0v) is 11.2. The molecular weight excluding hydrogens is 262 g/mol. The maximum Gasteiger partial charge on any atom is 0.224 e. The van der Waals surface area contributed by atoms with Crippen LogP contribution in [0.25, 0.3) is 0 Å². The summed E-state index contributed by atoms with van der Waals surface area (Å²) in [7, 11) is 3.12. The molecular formula is C12H15N5O3. The molecule has 1 amide bonds. The van der Waals surface area contributed by atoms with Crippen LogP contribution in [0.4, 0.5) is 0 Å². The van der Waals surface area contributed by atoms with Crippen molar-refractivity contribution in [2.75, 3.05) is 14.2 Å². The van der Waals surface area contributed by atoms with Crippen molar-refractivity contribution >= 4 is 5.91 Å². The van der Waals surface area contributed by atoms with Crippen molar-refractivity contribution in [2.24, 2.45) is 0 Å². The molecule has 0 fully saturated rings. The molecule has 0 aliphatic heterocycles. The molecule has 8 nitrogen and oxygen atoms in total. The van der Waals surface area contributed by atoms with E-state index in [0.717, 1.165) is 5.56 Å². The van der Waals surface area contributed by atoms with Crippen LogP contribution in [-0.2, 0) is 17.8 Å². The third-order valence-electron chi connectivity index (χ3n) is 2.65. The molecule has 1 heterocycles. The SMILES string of the molecule is COc1ccc(CC(=O)NCc2nn[nH]n2)cc1OC. The molecule has 1 aromatic carbocycles. The van der Waals surface area contributed by atoms with Gasteiger partial charge in [0.25, 0.3) is 0 Å². The average molecular weight is 277 g/mol. The van der Waals surface area contributed by atoms with Crippen LogP contribution in [0.3, 0.4) is 0 Å². The van der Waals surface area contributed by atoms with Crippen LogP contribution in [0, 0.1) is 0 Å². The Morgan fingerprint density at radius 3 is 2.75 bits per heavy atom. The minimum Gasteiger partial charge on any atom is -0.493 e. The van der Waals surface area contributed by atoms with Gasteiger partial charge < -0.3 is 14.8 Å². The molecule has 0 bridgehead atoms. The highest BCUT2D eigenvalue weighted by atomic mass is 16.5. The molecule has 8 heteroatoms. The van der Waals surface area contributed by atoms with Crippen LogP contribution in [0.2, 0.25) is 0 Å². The van der Waals surface area contributed by atoms with Gasteiger partial charge in [0, 0.05) is 0 Å². The maximum atomic E-state index is 11.8. The highest BCUT2D eigenvalue weighted by molar-refractivity contribution is 5.78. The van der Waals surface area contributed by atoms with Crippen LogP contribution in [-0.4, -0.2) is 40.8 Å². The third kappa shape index (κ3) is 3.44. The number of hydrogen-bond acceptors (Lipinski definition) is 6. The monoisotopic (exact) mass is 277 g/mol. The van der Waals surface area contributed by atoms with E-state index < -0.39 is 0 Å². The summed E-state index contributed by atoms with van der Waals surface area (Å²) in [6.45, 7) is 0.239. The summed E-state index contributed by atoms with van der Waals surface area (Å²) in [5.41, 5.74) is 0.827. The number of carbonyl (C=O) groups is 1. The van der Waals surface area contributed by atoms with Crippen molar-refractivity contribution in [1.82, 2.24) is 25.9 Å². The van der Waals surface area contributed by atoms with Gasteiger partial charge in [-0.05, 0) is 17.7 Å². The van der Waals surface area contributed by atoms with E-state index in [1.807, 2.05) is 6.07 Å². The molecule has 2 aromatic rings. The lowest BCUT2D eigenvalue weighted by molar-refractivity contribution is -0.120. The molecule has 0 atom stereocenters. The summed E-state index contributed by atoms with van der Waals surface area (Å²) >= 11 is 0. The van der Waals surface area contributed by atoms with Crippen molar-refractivity contribution in [3.8, 4) is 11.5 Å². The molecule has 0 unspecified atom stereocenters. The normalized spacial score (nSPS) is 10.1. The molecule has 106 valence electrons. The molecule has 0 aliphatic rings. The highest BCUT2D eigenvalue weighted by Gasteiger charge is 2.09. The second kappa shape index (κ2) is 6.50. The lowest BCUT2D eigenvalue weighted by atomic mass is 10.1. The van der Waals surface area contributed by atoms with Gasteiger partial charge in [-0.3, -0.25) is 4.79 Å². The van der Waals surface area contributed by atoms with Crippen molar-refractivity contribution in [2.45, 2.75) is 13.0 Å². The number of nitrogens with one attached hydrogen (secondary N) is 2. The van der Waals surface area contributed by atoms with Crippen LogP contribution < -0.4 is 14.8 Å². The van der Waals surface area contributed by atoms with Gasteiger partial charge in [-0.2, -0.15) is 5.21 Å². The number of nitrogens with zero attached hydrogens (tertiary/aromatic N) is 3. The van der Waals surface area contributed by atoms with Crippen LogP contribution in [0.15, 0.2) is 18.2 Å². The van der Waals surface area contributed by atoms with E-state index in [4.69, 9.17) is 9.47 Å². The van der Waals surface area contributed by atoms with E-state index >= 15 is 0 Å². The number of aromatic nitrogens is 4. The summed E-state index contributed by atoms with van der Waals surface area (Å²) < 4.78 is 10.3. The number of aromatic amines is 1. The van der Waals surface area contributed by atoms with E-state index in [0.29, 0.717) is 17.3 Å². The van der Waals surface area contributed by atoms with Crippen molar-refractivity contribution in [3.63, 3.8) is 0 Å². The fraction of sp³-hybridized carbons (Fsp3) is 0.333. The lowest BCUT2D eigenvalue weighted by Crippen LogP contribution is -2.25. The molecule has 1 aromatic heterocycles. The van der Waals surface area contributed by atoms with E-state index in [1.165, 1.54) is 0 Å². The molecule has 0 spiro atoms. The Morgan fingerprint density at radius 2 is 2.10 bits per heavy atom. The number of tetrazole rings is 1. The summed E-state index contributed by atoms with van der Waals surface area (Å²) in [6.07, 6.45) is 0.234. The molecule has 0 aliphatic carbocycles. The van der Waals surface area contributed by atoms with E-state index in [9.17, 15) is 4.79 Å². The summed E-state index contributed by atoms with van der Waals surface area (Å²) in [4.78, 5) is 11.8. The molecule has 20 heavy (non-hydrogen) atoms. The molecule has 0 radical (unpaired) electrons. The Hall–Kier alpha value is -2.64. The van der Waals surface area contributed by atoms with Gasteiger partial charge in [0.2, 0.25) is 5.91 Å². The zero-order valence-electron chi connectivity index (χ0n) is 11.2. The average Bonchev–Trinajstić information content (AvgIpc) is 2.98. The number of hydrogen-bond donors (Lipinski definition) is 2. The fourth-order valence-corrected chi connectivity index (χ4v) is 1.67. The predicted octanol–water partition coefficient (Wildman–Crippen LogP) is 0.0758. The first-order chi connectivity index (χ1) is 9.72. The first-order valence-corrected chi connectivity index (χ1v) is 5.93. The summed E-state index contributed by atoms with van der Waals surface area (Å²) in [6, 6.07) is 5.35. The maximum absolute atomic E-state index is 11.8. The van der Waals surface area contributed by atoms with Crippen molar-refractivity contribution < 1.29 is 14.3 Å². The van der Waals surface area contributed by atoms with Gasteiger partial charge in [-0.1, -0.05) is 11.3 Å². The van der Waals surface area contributed by atoms with Gasteiger partial charge in [0.15, 0.2) is 17.3 Å². The van der Waals surface area contributed by atoms with Gasteiger partial charge in [-0.25, -0.2) is 0 Å². The van der Waals surface area contributed by atoms with Crippen LogP contribution in [0.5, 0.6) is 11.5 Å². The number of H-pyrrole nitrogens is 1. The number of ether oxygens (including phenoxy) is 2. The quantitative estimate of drug-likeness (QED) is 0.775. The molecule has 0 saturated carbocycles. The number of carbonyl (C=O) groups excluding carboxylic acids is 1. The number of rotatable bonds is 6. The van der Waals surface area contributed by atoms with Gasteiger partial charge >= 0.3 is 0 Å². The van der Waals surface area contributed by atoms with Crippen LogP contribution in [0.1, 0.15) is 11.4 Å². The number of benzene rings is 1. The fourth-order valence-electron chi connectivity index (χ4n) is 1.67. The lowest BCUT2D eigenvalue weighted by Gasteiger charge is -2.09. The smallest absolute Gasteiger partial charge is 0.224 e.